The summed E-state index contributed by atoms with van der Waals surface area (Å²) in [5.41, 5.74) is 2.34. The molecule has 0 radical (unpaired) electrons. The largest absolute Gasteiger partial charge is 0.342 e. The Balaban J connectivity index is 1.29. The Hall–Kier alpha value is -2.96. The number of benzene rings is 1. The van der Waals surface area contributed by atoms with E-state index in [1.54, 1.807) is 0 Å². The molecule has 156 valence electrons. The van der Waals surface area contributed by atoms with E-state index in [1.807, 2.05) is 40.1 Å². The number of hydrogen-bond acceptors (Lipinski definition) is 4. The van der Waals surface area contributed by atoms with E-state index in [0.29, 0.717) is 50.4 Å². The van der Waals surface area contributed by atoms with Crippen LogP contribution in [0.4, 0.5) is 0 Å². The van der Waals surface area contributed by atoms with Gasteiger partial charge in [0, 0.05) is 37.0 Å². The second-order valence-electron chi connectivity index (χ2n) is 8.65. The van der Waals surface area contributed by atoms with Gasteiger partial charge in [0.15, 0.2) is 0 Å². The molecule has 7 nitrogen and oxygen atoms in total. The molecule has 1 aromatic heterocycles. The maximum Gasteiger partial charge on any atom is 0.254 e. The van der Waals surface area contributed by atoms with E-state index in [1.165, 1.54) is 0 Å². The van der Waals surface area contributed by atoms with Gasteiger partial charge in [-0.1, -0.05) is 30.3 Å². The van der Waals surface area contributed by atoms with Crippen LogP contribution in [0.5, 0.6) is 0 Å². The van der Waals surface area contributed by atoms with E-state index < -0.39 is 0 Å². The molecule has 1 aromatic carbocycles. The van der Waals surface area contributed by atoms with Gasteiger partial charge in [-0.25, -0.2) is 4.98 Å². The summed E-state index contributed by atoms with van der Waals surface area (Å²) < 4.78 is 0. The first kappa shape index (κ1) is 19.0. The molecule has 1 saturated heterocycles. The molecule has 1 N–H and O–H groups in total. The van der Waals surface area contributed by atoms with Gasteiger partial charge in [-0.15, -0.1) is 0 Å². The minimum Gasteiger partial charge on any atom is -0.342 e. The zero-order valence-corrected chi connectivity index (χ0v) is 17.0. The Bertz CT molecular complexity index is 1030. The molecule has 1 atom stereocenters. The Morgan fingerprint density at radius 2 is 1.87 bits per heavy atom. The van der Waals surface area contributed by atoms with Crippen molar-refractivity contribution in [1.82, 2.24) is 19.8 Å². The van der Waals surface area contributed by atoms with Crippen molar-refractivity contribution >= 4 is 11.8 Å². The quantitative estimate of drug-likeness (QED) is 0.836. The summed E-state index contributed by atoms with van der Waals surface area (Å²) in [4.78, 5) is 49.2. The van der Waals surface area contributed by atoms with Crippen LogP contribution in [0.3, 0.4) is 0 Å². The highest BCUT2D eigenvalue weighted by Crippen LogP contribution is 2.32. The van der Waals surface area contributed by atoms with Gasteiger partial charge in [0.05, 0.1) is 18.7 Å². The highest BCUT2D eigenvalue weighted by Gasteiger charge is 2.36. The predicted octanol–water partition coefficient (Wildman–Crippen LogP) is 1.62. The Morgan fingerprint density at radius 3 is 2.63 bits per heavy atom. The zero-order valence-electron chi connectivity index (χ0n) is 17.0. The van der Waals surface area contributed by atoms with Crippen molar-refractivity contribution < 1.29 is 9.59 Å². The van der Waals surface area contributed by atoms with Crippen LogP contribution in [0.25, 0.3) is 0 Å². The van der Waals surface area contributed by atoms with Gasteiger partial charge in [-0.05, 0) is 31.2 Å². The predicted molar refractivity (Wildman–Crippen MR) is 111 cm³/mol. The lowest BCUT2D eigenvalue weighted by atomic mass is 10.0. The highest BCUT2D eigenvalue weighted by atomic mass is 16.2. The highest BCUT2D eigenvalue weighted by molar-refractivity contribution is 5.81. The minimum atomic E-state index is -0.0948. The summed E-state index contributed by atoms with van der Waals surface area (Å²) in [6.45, 7) is 2.25. The third kappa shape index (κ3) is 3.76. The molecule has 1 saturated carbocycles. The number of rotatable bonds is 4. The number of amides is 2. The fourth-order valence-electron chi connectivity index (χ4n) is 4.52. The van der Waals surface area contributed by atoms with Crippen molar-refractivity contribution in [3.05, 3.63) is 63.3 Å². The molecule has 0 bridgehead atoms. The van der Waals surface area contributed by atoms with Gasteiger partial charge in [0.2, 0.25) is 11.8 Å². The number of carbonyl (C=O) groups excluding carboxylic acids is 2. The van der Waals surface area contributed by atoms with Crippen LogP contribution < -0.4 is 5.56 Å². The van der Waals surface area contributed by atoms with E-state index in [0.717, 1.165) is 30.5 Å². The number of likely N-dealkylation sites (tertiary alicyclic amines) is 1. The topological polar surface area (TPSA) is 86.4 Å². The average Bonchev–Trinajstić information content (AvgIpc) is 3.49. The monoisotopic (exact) mass is 406 g/mol. The molecular formula is C23H26N4O3. The Kier molecular flexibility index (Phi) is 4.89. The first-order valence-electron chi connectivity index (χ1n) is 10.8. The molecule has 2 aromatic rings. The van der Waals surface area contributed by atoms with Crippen molar-refractivity contribution in [1.29, 1.82) is 0 Å². The summed E-state index contributed by atoms with van der Waals surface area (Å²) >= 11 is 0. The van der Waals surface area contributed by atoms with E-state index in [9.17, 15) is 14.4 Å². The van der Waals surface area contributed by atoms with E-state index in [4.69, 9.17) is 4.98 Å². The van der Waals surface area contributed by atoms with Gasteiger partial charge >= 0.3 is 0 Å². The van der Waals surface area contributed by atoms with Crippen molar-refractivity contribution in [3.63, 3.8) is 0 Å². The fourth-order valence-corrected chi connectivity index (χ4v) is 4.52. The van der Waals surface area contributed by atoms with Gasteiger partial charge in [0.25, 0.3) is 5.56 Å². The third-order valence-corrected chi connectivity index (χ3v) is 6.46. The summed E-state index contributed by atoms with van der Waals surface area (Å²) in [7, 11) is 0. The molecule has 5 rings (SSSR count). The lowest BCUT2D eigenvalue weighted by Gasteiger charge is -2.28. The maximum absolute atomic E-state index is 12.7. The molecule has 2 fully saturated rings. The number of nitrogens with zero attached hydrogens (tertiary/aromatic N) is 3. The molecule has 2 amide bonds. The number of carbonyl (C=O) groups is 2. The fraction of sp³-hybridized carbons (Fsp3) is 0.478. The standard InChI is InChI=1S/C23H26N4O3/c28-20(12-15-4-2-1-3-5-15)26-10-8-17(13-26)21-24-19-14-27(23(30)16-6-7-16)11-9-18(19)22(29)25-21/h1-5,16-17H,6-14H2,(H,24,25,29). The summed E-state index contributed by atoms with van der Waals surface area (Å²) in [5, 5.41) is 0. The van der Waals surface area contributed by atoms with Crippen molar-refractivity contribution in [2.75, 3.05) is 19.6 Å². The van der Waals surface area contributed by atoms with Crippen LogP contribution in [-0.2, 0) is 29.0 Å². The van der Waals surface area contributed by atoms with Crippen LogP contribution in [0, 0.1) is 5.92 Å². The molecule has 1 aliphatic carbocycles. The van der Waals surface area contributed by atoms with Crippen LogP contribution in [0.1, 0.15) is 47.8 Å². The van der Waals surface area contributed by atoms with E-state index in [-0.39, 0.29) is 29.2 Å². The molecule has 30 heavy (non-hydrogen) atoms. The number of H-pyrrole nitrogens is 1. The third-order valence-electron chi connectivity index (χ3n) is 6.46. The number of fused-ring (bicyclic) bond motifs is 1. The maximum atomic E-state index is 12.7. The van der Waals surface area contributed by atoms with Gasteiger partial charge < -0.3 is 14.8 Å². The molecule has 0 spiro atoms. The smallest absolute Gasteiger partial charge is 0.254 e. The Labute approximate surface area is 175 Å². The van der Waals surface area contributed by atoms with E-state index in [2.05, 4.69) is 4.98 Å². The van der Waals surface area contributed by atoms with Crippen molar-refractivity contribution in [2.45, 2.75) is 44.6 Å². The van der Waals surface area contributed by atoms with Crippen LogP contribution >= 0.6 is 0 Å². The molecule has 3 heterocycles. The lowest BCUT2D eigenvalue weighted by molar-refractivity contribution is -0.133. The first-order chi connectivity index (χ1) is 14.6. The number of aromatic amines is 1. The Morgan fingerprint density at radius 1 is 1.07 bits per heavy atom. The minimum absolute atomic E-state index is 0.0252. The SMILES string of the molecule is O=C(Cc1ccccc1)N1CCC(c2nc3c(c(=O)[nH]2)CCN(C(=O)C2CC2)C3)C1. The number of nitrogens with one attached hydrogen (secondary N) is 1. The molecule has 3 aliphatic rings. The van der Waals surface area contributed by atoms with E-state index >= 15 is 0 Å². The van der Waals surface area contributed by atoms with Gasteiger partial charge in [-0.3, -0.25) is 14.4 Å². The average molecular weight is 406 g/mol. The number of aromatic nitrogens is 2. The van der Waals surface area contributed by atoms with Crippen LogP contribution in [0.15, 0.2) is 35.1 Å². The summed E-state index contributed by atoms with van der Waals surface area (Å²) in [5.74, 6) is 1.15. The summed E-state index contributed by atoms with van der Waals surface area (Å²) in [6.07, 6.45) is 3.69. The molecule has 2 aliphatic heterocycles. The number of hydrogen-bond donors (Lipinski definition) is 1. The van der Waals surface area contributed by atoms with Crippen LogP contribution in [-0.4, -0.2) is 51.2 Å². The van der Waals surface area contributed by atoms with Gasteiger partial charge in [0.1, 0.15) is 5.82 Å². The lowest BCUT2D eigenvalue weighted by Crippen LogP contribution is -2.40. The second kappa shape index (κ2) is 7.70. The normalized spacial score (nSPS) is 20.9. The molecule has 7 heteroatoms. The summed E-state index contributed by atoms with van der Waals surface area (Å²) in [6, 6.07) is 9.74. The van der Waals surface area contributed by atoms with Crippen molar-refractivity contribution in [3.8, 4) is 0 Å². The molecular weight excluding hydrogens is 380 g/mol. The second-order valence-corrected chi connectivity index (χ2v) is 8.65. The molecule has 1 unspecified atom stereocenters. The van der Waals surface area contributed by atoms with Crippen molar-refractivity contribution in [2.24, 2.45) is 5.92 Å². The van der Waals surface area contributed by atoms with Crippen LogP contribution in [0.2, 0.25) is 0 Å². The first-order valence-corrected chi connectivity index (χ1v) is 10.8. The van der Waals surface area contributed by atoms with Gasteiger partial charge in [-0.2, -0.15) is 0 Å². The zero-order chi connectivity index (χ0) is 20.7.